The molecule has 0 aliphatic carbocycles. The summed E-state index contributed by atoms with van der Waals surface area (Å²) in [6, 6.07) is 19.0. The van der Waals surface area contributed by atoms with Crippen LogP contribution in [0.5, 0.6) is 0 Å². The molecule has 132 valence electrons. The maximum atomic E-state index is 11.6. The smallest absolute Gasteiger partial charge is 0.349 e. The average Bonchev–Trinajstić information content (AvgIpc) is 2.67. The van der Waals surface area contributed by atoms with Gasteiger partial charge in [0.05, 0.1) is 10.6 Å². The van der Waals surface area contributed by atoms with Crippen molar-refractivity contribution in [1.82, 2.24) is 9.97 Å². The van der Waals surface area contributed by atoms with Crippen LogP contribution in [-0.4, -0.2) is 21.9 Å². The van der Waals surface area contributed by atoms with E-state index in [1.54, 1.807) is 11.9 Å². The Kier molecular flexibility index (Phi) is 5.23. The third-order valence-corrected chi connectivity index (χ3v) is 3.71. The minimum atomic E-state index is -0.480. The fourth-order valence-electron chi connectivity index (χ4n) is 2.49. The quantitative estimate of drug-likeness (QED) is 0.497. The molecule has 3 aromatic rings. The largest absolute Gasteiger partial charge is 0.355 e. The average molecular weight is 350 g/mol. The van der Waals surface area contributed by atoms with Gasteiger partial charge in [-0.3, -0.25) is 21.0 Å². The van der Waals surface area contributed by atoms with Gasteiger partial charge in [0.15, 0.2) is 0 Å². The molecule has 8 nitrogen and oxygen atoms in total. The standard InChI is InChI=1S/C18H18N6O2/c1-23(12-14-8-4-2-5-9-14)18-16(24(25)26)17(19-13-20-18)22-21-15-10-6-3-7-11-15/h2-11,13,21H,12H2,1H3,(H,19,20,22). The molecule has 0 spiro atoms. The molecule has 2 aromatic carbocycles. The van der Waals surface area contributed by atoms with Crippen LogP contribution in [0.2, 0.25) is 0 Å². The molecule has 1 aromatic heterocycles. The summed E-state index contributed by atoms with van der Waals surface area (Å²) >= 11 is 0. The van der Waals surface area contributed by atoms with E-state index >= 15 is 0 Å². The van der Waals surface area contributed by atoms with Crippen LogP contribution in [0.4, 0.5) is 23.0 Å². The van der Waals surface area contributed by atoms with Gasteiger partial charge >= 0.3 is 5.69 Å². The molecule has 26 heavy (non-hydrogen) atoms. The Balaban J connectivity index is 1.84. The predicted octanol–water partition coefficient (Wildman–Crippen LogP) is 3.46. The molecule has 0 radical (unpaired) electrons. The summed E-state index contributed by atoms with van der Waals surface area (Å²) < 4.78 is 0. The Morgan fingerprint density at radius 3 is 2.31 bits per heavy atom. The second kappa shape index (κ2) is 7.93. The lowest BCUT2D eigenvalue weighted by atomic mass is 10.2. The van der Waals surface area contributed by atoms with Crippen molar-refractivity contribution in [3.05, 3.63) is 82.7 Å². The second-order valence-electron chi connectivity index (χ2n) is 5.61. The summed E-state index contributed by atoms with van der Waals surface area (Å²) in [5, 5.41) is 11.6. The number of nitrogens with one attached hydrogen (secondary N) is 2. The first-order valence-corrected chi connectivity index (χ1v) is 7.96. The van der Waals surface area contributed by atoms with Gasteiger partial charge in [-0.15, -0.1) is 0 Å². The van der Waals surface area contributed by atoms with Crippen LogP contribution in [0.15, 0.2) is 67.0 Å². The van der Waals surface area contributed by atoms with E-state index < -0.39 is 4.92 Å². The van der Waals surface area contributed by atoms with Crippen LogP contribution in [0.1, 0.15) is 5.56 Å². The highest BCUT2D eigenvalue weighted by Gasteiger charge is 2.25. The van der Waals surface area contributed by atoms with Gasteiger partial charge in [-0.2, -0.15) is 0 Å². The van der Waals surface area contributed by atoms with Gasteiger partial charge in [-0.1, -0.05) is 48.5 Å². The molecule has 2 N–H and O–H groups in total. The summed E-state index contributed by atoms with van der Waals surface area (Å²) in [5.41, 5.74) is 7.31. The number of para-hydroxylation sites is 1. The molecule has 0 amide bonds. The number of hydrogen-bond acceptors (Lipinski definition) is 7. The minimum Gasteiger partial charge on any atom is -0.349 e. The van der Waals surface area contributed by atoms with Crippen molar-refractivity contribution in [1.29, 1.82) is 0 Å². The van der Waals surface area contributed by atoms with E-state index in [2.05, 4.69) is 20.8 Å². The van der Waals surface area contributed by atoms with Crippen LogP contribution in [0.3, 0.4) is 0 Å². The zero-order chi connectivity index (χ0) is 18.4. The van der Waals surface area contributed by atoms with Crippen molar-refractivity contribution in [2.45, 2.75) is 6.54 Å². The monoisotopic (exact) mass is 350 g/mol. The zero-order valence-corrected chi connectivity index (χ0v) is 14.2. The molecule has 0 unspecified atom stereocenters. The molecule has 0 fully saturated rings. The van der Waals surface area contributed by atoms with Gasteiger partial charge in [0.2, 0.25) is 11.6 Å². The Labute approximate surface area is 150 Å². The number of nitro groups is 1. The second-order valence-corrected chi connectivity index (χ2v) is 5.61. The Bertz CT molecular complexity index is 873. The first-order chi connectivity index (χ1) is 12.6. The zero-order valence-electron chi connectivity index (χ0n) is 14.2. The normalized spacial score (nSPS) is 10.2. The van der Waals surface area contributed by atoms with E-state index in [9.17, 15) is 10.1 Å². The van der Waals surface area contributed by atoms with Crippen LogP contribution >= 0.6 is 0 Å². The fourth-order valence-corrected chi connectivity index (χ4v) is 2.49. The van der Waals surface area contributed by atoms with Crippen molar-refractivity contribution >= 4 is 23.0 Å². The predicted molar refractivity (Wildman–Crippen MR) is 101 cm³/mol. The lowest BCUT2D eigenvalue weighted by Gasteiger charge is -2.19. The van der Waals surface area contributed by atoms with Crippen molar-refractivity contribution in [3.63, 3.8) is 0 Å². The first-order valence-electron chi connectivity index (χ1n) is 7.96. The summed E-state index contributed by atoms with van der Waals surface area (Å²) in [5.74, 6) is 0.343. The van der Waals surface area contributed by atoms with Gasteiger partial charge in [0.1, 0.15) is 6.33 Å². The van der Waals surface area contributed by atoms with Gasteiger partial charge in [-0.25, -0.2) is 9.97 Å². The molecule has 0 aliphatic rings. The molecule has 1 heterocycles. The summed E-state index contributed by atoms with van der Waals surface area (Å²) in [4.78, 5) is 21.0. The van der Waals surface area contributed by atoms with Gasteiger partial charge in [0.25, 0.3) is 0 Å². The molecule has 0 atom stereocenters. The van der Waals surface area contributed by atoms with E-state index in [1.807, 2.05) is 60.7 Å². The van der Waals surface area contributed by atoms with E-state index in [-0.39, 0.29) is 17.3 Å². The number of hydrogen-bond donors (Lipinski definition) is 2. The molecular weight excluding hydrogens is 332 g/mol. The number of nitrogens with zero attached hydrogens (tertiary/aromatic N) is 4. The summed E-state index contributed by atoms with van der Waals surface area (Å²) in [7, 11) is 1.76. The SMILES string of the molecule is CN(Cc1ccccc1)c1ncnc(NNc2ccccc2)c1[N+](=O)[O-]. The number of benzene rings is 2. The number of anilines is 3. The lowest BCUT2D eigenvalue weighted by molar-refractivity contribution is -0.383. The number of rotatable bonds is 7. The van der Waals surface area contributed by atoms with E-state index in [0.29, 0.717) is 6.54 Å². The summed E-state index contributed by atoms with van der Waals surface area (Å²) in [6.45, 7) is 0.490. The van der Waals surface area contributed by atoms with Crippen LogP contribution < -0.4 is 15.8 Å². The fraction of sp³-hybridized carbons (Fsp3) is 0.111. The van der Waals surface area contributed by atoms with Gasteiger partial charge in [-0.05, 0) is 17.7 Å². The molecule has 0 saturated carbocycles. The maximum absolute atomic E-state index is 11.6. The Morgan fingerprint density at radius 2 is 1.65 bits per heavy atom. The Hall–Kier alpha value is -3.68. The van der Waals surface area contributed by atoms with Gasteiger partial charge in [0, 0.05) is 13.6 Å². The maximum Gasteiger partial charge on any atom is 0.355 e. The molecule has 0 bridgehead atoms. The van der Waals surface area contributed by atoms with E-state index in [0.717, 1.165) is 11.3 Å². The molecule has 0 saturated heterocycles. The topological polar surface area (TPSA) is 96.2 Å². The third-order valence-electron chi connectivity index (χ3n) is 3.71. The minimum absolute atomic E-state index is 0.101. The molecule has 8 heteroatoms. The number of hydrazine groups is 1. The molecule has 3 rings (SSSR count). The van der Waals surface area contributed by atoms with Crippen LogP contribution in [0, 0.1) is 10.1 Å². The van der Waals surface area contributed by atoms with Crippen molar-refractivity contribution < 1.29 is 4.92 Å². The number of aromatic nitrogens is 2. The van der Waals surface area contributed by atoms with Crippen molar-refractivity contribution in [2.24, 2.45) is 0 Å². The highest BCUT2D eigenvalue weighted by molar-refractivity contribution is 5.71. The molecule has 0 aliphatic heterocycles. The Morgan fingerprint density at radius 1 is 1.00 bits per heavy atom. The lowest BCUT2D eigenvalue weighted by Crippen LogP contribution is -2.21. The van der Waals surface area contributed by atoms with Crippen molar-refractivity contribution in [2.75, 3.05) is 22.8 Å². The van der Waals surface area contributed by atoms with Crippen molar-refractivity contribution in [3.8, 4) is 0 Å². The molecular formula is C18H18N6O2. The highest BCUT2D eigenvalue weighted by Crippen LogP contribution is 2.31. The first kappa shape index (κ1) is 17.2. The van der Waals surface area contributed by atoms with Crippen LogP contribution in [-0.2, 0) is 6.54 Å². The van der Waals surface area contributed by atoms with E-state index in [1.165, 1.54) is 6.33 Å². The summed E-state index contributed by atoms with van der Waals surface area (Å²) in [6.07, 6.45) is 1.30. The van der Waals surface area contributed by atoms with Gasteiger partial charge < -0.3 is 4.90 Å². The highest BCUT2D eigenvalue weighted by atomic mass is 16.6. The van der Waals surface area contributed by atoms with E-state index in [4.69, 9.17) is 0 Å². The van der Waals surface area contributed by atoms with Crippen LogP contribution in [0.25, 0.3) is 0 Å². The third kappa shape index (κ3) is 4.04.